The Morgan fingerprint density at radius 2 is 0.522 bits per heavy atom. The Hall–Kier alpha value is -0.621. The normalized spacial score (nSPS) is 40.0. The monoisotopic (exact) mass is 504 g/mol. The summed E-state index contributed by atoms with van der Waals surface area (Å²) in [6.07, 6.45) is 31.6. The predicted molar refractivity (Wildman–Crippen MR) is 95.5 cm³/mol. The number of hydrogen-bond acceptors (Lipinski definition) is 0. The first-order chi connectivity index (χ1) is 11.3. The summed E-state index contributed by atoms with van der Waals surface area (Å²) in [4.78, 5) is 0. The second kappa shape index (κ2) is 8.47. The summed E-state index contributed by atoms with van der Waals surface area (Å²) >= 11 is 1.47. The maximum absolute atomic E-state index is 4.64. The number of rotatable bonds is 0. The van der Waals surface area contributed by atoms with Crippen LogP contribution in [0.3, 0.4) is 0 Å². The predicted octanol–water partition coefficient (Wildman–Crippen LogP) is 5.93. The summed E-state index contributed by atoms with van der Waals surface area (Å²) in [5, 5.41) is 0. The van der Waals surface area contributed by atoms with E-state index in [0.717, 1.165) is 35.5 Å². The van der Waals surface area contributed by atoms with Gasteiger partial charge in [-0.15, -0.1) is 0 Å². The van der Waals surface area contributed by atoms with E-state index in [0.29, 0.717) is 0 Å². The molecule has 6 aliphatic carbocycles. The zero-order valence-electron chi connectivity index (χ0n) is 13.2. The molecule has 0 fully saturated rings. The second-order valence-electron chi connectivity index (χ2n) is 7.00. The molecule has 0 radical (unpaired) electrons. The van der Waals surface area contributed by atoms with E-state index >= 15 is 0 Å². The molecule has 0 saturated carbocycles. The number of hydrogen-bond donors (Lipinski definition) is 0. The van der Waals surface area contributed by atoms with Gasteiger partial charge >= 0.3 is 27.5 Å². The molecule has 0 amide bonds. The minimum atomic E-state index is 0.810. The first kappa shape index (κ1) is 17.2. The van der Waals surface area contributed by atoms with Gasteiger partial charge in [0.1, 0.15) is 0 Å². The maximum atomic E-state index is 4.64. The summed E-state index contributed by atoms with van der Waals surface area (Å²) in [6.45, 7) is 0. The van der Waals surface area contributed by atoms with E-state index in [1.807, 2.05) is 0 Å². The minimum absolute atomic E-state index is 0.810. The molecule has 0 spiro atoms. The fraction of sp³-hybridized carbons (Fsp3) is 0.429. The van der Waals surface area contributed by atoms with Crippen molar-refractivity contribution in [3.63, 3.8) is 0 Å². The Morgan fingerprint density at radius 1 is 0.391 bits per heavy atom. The van der Waals surface area contributed by atoms with E-state index in [1.165, 1.54) is 37.2 Å². The summed E-state index contributed by atoms with van der Waals surface area (Å²) in [5.41, 5.74) is 0. The first-order valence-electron chi connectivity index (χ1n) is 8.58. The molecule has 2 heteroatoms. The summed E-state index contributed by atoms with van der Waals surface area (Å²) in [7, 11) is 4.64. The fourth-order valence-corrected chi connectivity index (χ4v) is 3.98. The Labute approximate surface area is 154 Å². The van der Waals surface area contributed by atoms with Crippen molar-refractivity contribution >= 4 is 9.58 Å². The van der Waals surface area contributed by atoms with Crippen molar-refractivity contribution in [3.05, 3.63) is 72.9 Å². The van der Waals surface area contributed by atoms with Gasteiger partial charge in [-0.2, -0.15) is 0 Å². The zero-order chi connectivity index (χ0) is 16.1. The molecule has 6 bridgehead atoms. The second-order valence-corrected chi connectivity index (χ2v) is 7.00. The van der Waals surface area contributed by atoms with Crippen molar-refractivity contribution in [2.45, 2.75) is 19.3 Å². The summed E-state index contributed by atoms with van der Waals surface area (Å²) in [6, 6.07) is 0. The van der Waals surface area contributed by atoms with Crippen molar-refractivity contribution in [2.75, 3.05) is 0 Å². The van der Waals surface area contributed by atoms with Gasteiger partial charge in [-0.3, -0.25) is 0 Å². The molecule has 0 N–H and O–H groups in total. The van der Waals surface area contributed by atoms with Gasteiger partial charge in [-0.1, -0.05) is 72.9 Å². The fourth-order valence-electron chi connectivity index (χ4n) is 3.98. The van der Waals surface area contributed by atoms with Gasteiger partial charge < -0.3 is 0 Å². The molecule has 0 saturated heterocycles. The molecule has 0 atom stereocenters. The summed E-state index contributed by atoms with van der Waals surface area (Å²) in [5.74, 6) is 4.86. The SMILES string of the molecule is C1=CC2C=CC1C2.C1=CC2C=CC1C2.C1=CC2C=CC1C2.[Cl][Ir]. The van der Waals surface area contributed by atoms with Crippen LogP contribution in [-0.4, -0.2) is 0 Å². The first-order valence-corrected chi connectivity index (χ1v) is 11.5. The van der Waals surface area contributed by atoms with Gasteiger partial charge in [0, 0.05) is 0 Å². The van der Waals surface area contributed by atoms with Crippen molar-refractivity contribution in [1.82, 2.24) is 0 Å². The van der Waals surface area contributed by atoms with Crippen molar-refractivity contribution in [1.29, 1.82) is 0 Å². The van der Waals surface area contributed by atoms with Gasteiger partial charge in [0.15, 0.2) is 0 Å². The molecule has 0 aliphatic heterocycles. The Kier molecular flexibility index (Phi) is 6.34. The van der Waals surface area contributed by atoms with Gasteiger partial charge in [0.25, 0.3) is 0 Å². The molecule has 6 aliphatic rings. The van der Waals surface area contributed by atoms with Gasteiger partial charge in [-0.25, -0.2) is 0 Å². The summed E-state index contributed by atoms with van der Waals surface area (Å²) < 4.78 is 0. The molecular formula is C21H24ClIr. The van der Waals surface area contributed by atoms with Crippen LogP contribution in [0, 0.1) is 35.5 Å². The van der Waals surface area contributed by atoms with E-state index in [1.54, 1.807) is 0 Å². The van der Waals surface area contributed by atoms with Gasteiger partial charge in [-0.05, 0) is 54.8 Å². The van der Waals surface area contributed by atoms with Crippen LogP contribution in [-0.2, 0) is 17.9 Å². The average molecular weight is 504 g/mol. The molecular weight excluding hydrogens is 480 g/mol. The third kappa shape index (κ3) is 4.69. The number of fused-ring (bicyclic) bond motifs is 6. The third-order valence-corrected chi connectivity index (χ3v) is 5.27. The molecule has 0 aromatic heterocycles. The molecule has 0 heterocycles. The van der Waals surface area contributed by atoms with E-state index < -0.39 is 0 Å². The van der Waals surface area contributed by atoms with Crippen LogP contribution >= 0.6 is 9.58 Å². The molecule has 0 aromatic rings. The molecule has 6 rings (SSSR count). The Bertz CT molecular complexity index is 402. The molecule has 0 unspecified atom stereocenters. The molecule has 0 nitrogen and oxygen atoms in total. The van der Waals surface area contributed by atoms with Crippen LogP contribution in [0.1, 0.15) is 19.3 Å². The van der Waals surface area contributed by atoms with Crippen molar-refractivity contribution in [2.24, 2.45) is 35.5 Å². The van der Waals surface area contributed by atoms with Gasteiger partial charge in [0.05, 0.1) is 0 Å². The third-order valence-electron chi connectivity index (χ3n) is 5.27. The quantitative estimate of drug-likeness (QED) is 0.359. The van der Waals surface area contributed by atoms with Crippen LogP contribution in [0.15, 0.2) is 72.9 Å². The van der Waals surface area contributed by atoms with E-state index in [4.69, 9.17) is 0 Å². The van der Waals surface area contributed by atoms with E-state index in [2.05, 4.69) is 82.5 Å². The number of halogens is 1. The standard InChI is InChI=1S/3C7H8.ClH.Ir/c3*1-2-7-4-3-6(1)5-7;;/h3*1-4,6-7H,5H2;1H;/q;;;;+1/p-1. The Balaban J connectivity index is 0.0000000967. The average Bonchev–Trinajstić information content (AvgIpc) is 3.47. The van der Waals surface area contributed by atoms with E-state index in [9.17, 15) is 0 Å². The Morgan fingerprint density at radius 3 is 0.565 bits per heavy atom. The molecule has 23 heavy (non-hydrogen) atoms. The van der Waals surface area contributed by atoms with Crippen LogP contribution in [0.25, 0.3) is 0 Å². The van der Waals surface area contributed by atoms with Crippen LogP contribution in [0.2, 0.25) is 0 Å². The van der Waals surface area contributed by atoms with Gasteiger partial charge in [0.2, 0.25) is 0 Å². The number of allylic oxidation sites excluding steroid dienone is 12. The van der Waals surface area contributed by atoms with Crippen molar-refractivity contribution in [3.8, 4) is 0 Å². The van der Waals surface area contributed by atoms with Crippen LogP contribution < -0.4 is 0 Å². The van der Waals surface area contributed by atoms with Crippen LogP contribution in [0.5, 0.6) is 0 Å². The van der Waals surface area contributed by atoms with Crippen LogP contribution in [0.4, 0.5) is 0 Å². The zero-order valence-corrected chi connectivity index (χ0v) is 16.4. The van der Waals surface area contributed by atoms with E-state index in [-0.39, 0.29) is 0 Å². The topological polar surface area (TPSA) is 0 Å². The molecule has 124 valence electrons. The van der Waals surface area contributed by atoms with Crippen molar-refractivity contribution < 1.29 is 17.9 Å². The molecule has 0 aromatic carbocycles.